The summed E-state index contributed by atoms with van der Waals surface area (Å²) >= 11 is 0. The number of nitrogens with zero attached hydrogens (tertiary/aromatic N) is 1. The zero-order valence-electron chi connectivity index (χ0n) is 17.1. The molecule has 1 amide bonds. The molecule has 0 atom stereocenters. The van der Waals surface area contributed by atoms with Crippen molar-refractivity contribution in [3.8, 4) is 0 Å². The second-order valence-electron chi connectivity index (χ2n) is 8.64. The summed E-state index contributed by atoms with van der Waals surface area (Å²) < 4.78 is 0. The van der Waals surface area contributed by atoms with Crippen LogP contribution in [-0.4, -0.2) is 25.3 Å². The Morgan fingerprint density at radius 2 is 1.64 bits per heavy atom. The number of aldehydes is 1. The van der Waals surface area contributed by atoms with Gasteiger partial charge in [0.15, 0.2) is 0 Å². The molecular formula is C24H30N2O2. The molecule has 3 rings (SSSR count). The van der Waals surface area contributed by atoms with E-state index in [0.29, 0.717) is 12.1 Å². The summed E-state index contributed by atoms with van der Waals surface area (Å²) in [6, 6.07) is 16.1. The van der Waals surface area contributed by atoms with Gasteiger partial charge >= 0.3 is 0 Å². The van der Waals surface area contributed by atoms with Crippen LogP contribution in [-0.2, 0) is 16.8 Å². The molecule has 0 aromatic heterocycles. The molecule has 0 unspecified atom stereocenters. The number of piperidine rings is 1. The lowest BCUT2D eigenvalue weighted by Gasteiger charge is -2.33. The predicted molar refractivity (Wildman–Crippen MR) is 114 cm³/mol. The van der Waals surface area contributed by atoms with Crippen LogP contribution >= 0.6 is 0 Å². The van der Waals surface area contributed by atoms with Crippen molar-refractivity contribution < 1.29 is 9.59 Å². The molecule has 0 spiro atoms. The van der Waals surface area contributed by atoms with Crippen LogP contribution in [0.5, 0.6) is 0 Å². The van der Waals surface area contributed by atoms with E-state index in [-0.39, 0.29) is 17.2 Å². The highest BCUT2D eigenvalue weighted by Crippen LogP contribution is 2.24. The fourth-order valence-corrected chi connectivity index (χ4v) is 3.62. The minimum Gasteiger partial charge on any atom is -0.371 e. The first-order valence-electron chi connectivity index (χ1n) is 10.0. The highest BCUT2D eigenvalue weighted by atomic mass is 16.1. The number of nitrogens with one attached hydrogen (secondary N) is 1. The minimum atomic E-state index is 0.0688. The molecule has 1 fully saturated rings. The zero-order chi connectivity index (χ0) is 20.1. The standard InChI is InChI=1S/C24H30N2O2/c1-24(2,3)21-8-4-18(5-9-21)16-25-23(28)20-12-14-26(15-13-20)22-10-6-19(17-27)7-11-22/h4-11,17,20H,12-16H2,1-3H3,(H,25,28). The van der Waals surface area contributed by atoms with Crippen LogP contribution in [0, 0.1) is 5.92 Å². The highest BCUT2D eigenvalue weighted by Gasteiger charge is 2.25. The molecule has 0 aliphatic carbocycles. The third-order valence-corrected chi connectivity index (χ3v) is 5.55. The Morgan fingerprint density at radius 3 is 2.18 bits per heavy atom. The lowest BCUT2D eigenvalue weighted by molar-refractivity contribution is -0.125. The lowest BCUT2D eigenvalue weighted by Crippen LogP contribution is -2.40. The number of hydrogen-bond acceptors (Lipinski definition) is 3. The number of amides is 1. The Bertz CT molecular complexity index is 796. The quantitative estimate of drug-likeness (QED) is 0.788. The van der Waals surface area contributed by atoms with E-state index in [0.717, 1.165) is 43.5 Å². The van der Waals surface area contributed by atoms with E-state index in [4.69, 9.17) is 0 Å². The predicted octanol–water partition coefficient (Wildman–Crippen LogP) is 4.33. The van der Waals surface area contributed by atoms with Crippen molar-refractivity contribution in [2.75, 3.05) is 18.0 Å². The first-order chi connectivity index (χ1) is 13.4. The smallest absolute Gasteiger partial charge is 0.223 e. The van der Waals surface area contributed by atoms with E-state index >= 15 is 0 Å². The molecule has 1 heterocycles. The second kappa shape index (κ2) is 8.59. The average molecular weight is 379 g/mol. The largest absolute Gasteiger partial charge is 0.371 e. The Kier molecular flexibility index (Phi) is 6.18. The number of carbonyl (C=O) groups excluding carboxylic acids is 2. The Hall–Kier alpha value is -2.62. The first kappa shape index (κ1) is 20.1. The molecule has 1 N–H and O–H groups in total. The molecule has 0 radical (unpaired) electrons. The van der Waals surface area contributed by atoms with E-state index in [2.05, 4.69) is 55.3 Å². The van der Waals surface area contributed by atoms with E-state index in [1.807, 2.05) is 24.3 Å². The number of rotatable bonds is 5. The summed E-state index contributed by atoms with van der Waals surface area (Å²) in [5, 5.41) is 3.10. The Morgan fingerprint density at radius 1 is 1.04 bits per heavy atom. The van der Waals surface area contributed by atoms with Crippen LogP contribution in [0.1, 0.15) is 55.1 Å². The Labute approximate surface area is 167 Å². The van der Waals surface area contributed by atoms with Crippen molar-refractivity contribution in [3.63, 3.8) is 0 Å². The SMILES string of the molecule is CC(C)(C)c1ccc(CNC(=O)C2CCN(c3ccc(C=O)cc3)CC2)cc1. The van der Waals surface area contributed by atoms with Crippen molar-refractivity contribution in [2.24, 2.45) is 5.92 Å². The minimum absolute atomic E-state index is 0.0688. The number of anilines is 1. The van der Waals surface area contributed by atoms with Gasteiger partial charge in [-0.05, 0) is 53.6 Å². The monoisotopic (exact) mass is 378 g/mol. The van der Waals surface area contributed by atoms with Gasteiger partial charge in [0.05, 0.1) is 0 Å². The molecule has 2 aromatic rings. The van der Waals surface area contributed by atoms with E-state index < -0.39 is 0 Å². The third-order valence-electron chi connectivity index (χ3n) is 5.55. The molecule has 0 saturated carbocycles. The highest BCUT2D eigenvalue weighted by molar-refractivity contribution is 5.79. The average Bonchev–Trinajstić information content (AvgIpc) is 2.72. The van der Waals surface area contributed by atoms with Crippen molar-refractivity contribution in [3.05, 3.63) is 65.2 Å². The topological polar surface area (TPSA) is 49.4 Å². The van der Waals surface area contributed by atoms with Gasteiger partial charge in [0.25, 0.3) is 0 Å². The summed E-state index contributed by atoms with van der Waals surface area (Å²) in [5.74, 6) is 0.218. The fraction of sp³-hybridized carbons (Fsp3) is 0.417. The van der Waals surface area contributed by atoms with Crippen molar-refractivity contribution >= 4 is 17.9 Å². The van der Waals surface area contributed by atoms with E-state index in [9.17, 15) is 9.59 Å². The van der Waals surface area contributed by atoms with Gasteiger partial charge in [-0.15, -0.1) is 0 Å². The third kappa shape index (κ3) is 5.00. The van der Waals surface area contributed by atoms with Gasteiger partial charge in [-0.1, -0.05) is 45.0 Å². The van der Waals surface area contributed by atoms with Crippen molar-refractivity contribution in [1.29, 1.82) is 0 Å². The molecule has 1 aliphatic rings. The molecular weight excluding hydrogens is 348 g/mol. The van der Waals surface area contributed by atoms with Gasteiger partial charge < -0.3 is 10.2 Å². The fourth-order valence-electron chi connectivity index (χ4n) is 3.62. The maximum absolute atomic E-state index is 12.6. The van der Waals surface area contributed by atoms with Gasteiger partial charge in [0.1, 0.15) is 6.29 Å². The number of carbonyl (C=O) groups is 2. The number of hydrogen-bond donors (Lipinski definition) is 1. The van der Waals surface area contributed by atoms with Crippen LogP contribution in [0.4, 0.5) is 5.69 Å². The van der Waals surface area contributed by atoms with Gasteiger partial charge in [-0.25, -0.2) is 0 Å². The van der Waals surface area contributed by atoms with Crippen molar-refractivity contribution in [2.45, 2.75) is 45.6 Å². The van der Waals surface area contributed by atoms with E-state index in [1.54, 1.807) is 0 Å². The van der Waals surface area contributed by atoms with Gasteiger partial charge in [0.2, 0.25) is 5.91 Å². The van der Waals surface area contributed by atoms with E-state index in [1.165, 1.54) is 5.56 Å². The molecule has 1 aliphatic heterocycles. The normalized spacial score (nSPS) is 15.3. The summed E-state index contributed by atoms with van der Waals surface area (Å²) in [6.07, 6.45) is 2.56. The summed E-state index contributed by atoms with van der Waals surface area (Å²) in [4.78, 5) is 25.6. The van der Waals surface area contributed by atoms with Crippen LogP contribution in [0.3, 0.4) is 0 Å². The first-order valence-corrected chi connectivity index (χ1v) is 10.0. The lowest BCUT2D eigenvalue weighted by atomic mass is 9.87. The summed E-state index contributed by atoms with van der Waals surface area (Å²) in [5.41, 5.74) is 4.38. The van der Waals surface area contributed by atoms with Crippen LogP contribution in [0.15, 0.2) is 48.5 Å². The van der Waals surface area contributed by atoms with Crippen molar-refractivity contribution in [1.82, 2.24) is 5.32 Å². The Balaban J connectivity index is 1.47. The number of benzene rings is 2. The zero-order valence-corrected chi connectivity index (χ0v) is 17.1. The van der Waals surface area contributed by atoms with Crippen LogP contribution in [0.2, 0.25) is 0 Å². The molecule has 1 saturated heterocycles. The molecule has 28 heavy (non-hydrogen) atoms. The summed E-state index contributed by atoms with van der Waals surface area (Å²) in [7, 11) is 0. The van der Waals surface area contributed by atoms with Crippen LogP contribution < -0.4 is 10.2 Å². The molecule has 0 bridgehead atoms. The molecule has 4 heteroatoms. The molecule has 2 aromatic carbocycles. The molecule has 148 valence electrons. The van der Waals surface area contributed by atoms with Gasteiger partial charge in [0, 0.05) is 36.8 Å². The maximum atomic E-state index is 12.6. The second-order valence-corrected chi connectivity index (χ2v) is 8.64. The van der Waals surface area contributed by atoms with Gasteiger partial charge in [-0.3, -0.25) is 9.59 Å². The van der Waals surface area contributed by atoms with Crippen LogP contribution in [0.25, 0.3) is 0 Å². The summed E-state index contributed by atoms with van der Waals surface area (Å²) in [6.45, 7) is 8.90. The van der Waals surface area contributed by atoms with Gasteiger partial charge in [-0.2, -0.15) is 0 Å². The maximum Gasteiger partial charge on any atom is 0.223 e. The molecule has 4 nitrogen and oxygen atoms in total.